The molecule has 0 aliphatic carbocycles. The first kappa shape index (κ1) is 15.9. The number of rotatable bonds is 3. The second-order valence-electron chi connectivity index (χ2n) is 1.87. The number of carbonyl (C=O) groups excluding carboxylic acids is 3. The molecule has 1 radical (unpaired) electrons. The van der Waals surface area contributed by atoms with Gasteiger partial charge in [-0.05, 0) is 12.2 Å². The normalized spacial score (nSPS) is 12.1. The van der Waals surface area contributed by atoms with E-state index in [1.807, 2.05) is 0 Å². The van der Waals surface area contributed by atoms with Crippen LogP contribution in [0.5, 0.6) is 0 Å². The molecule has 14 heavy (non-hydrogen) atoms. The predicted molar refractivity (Wildman–Crippen MR) is 43.3 cm³/mol. The van der Waals surface area contributed by atoms with Gasteiger partial charge in [0.2, 0.25) is 0 Å². The molecule has 3 amide bonds. The van der Waals surface area contributed by atoms with Crippen molar-refractivity contribution >= 4 is 18.2 Å². The van der Waals surface area contributed by atoms with Crippen LogP contribution in [-0.2, 0) is 47.1 Å². The number of imide groups is 1. The fourth-order valence-electron chi connectivity index (χ4n) is 0.433. The third-order valence-corrected chi connectivity index (χ3v) is 0.898. The number of amides is 3. The third kappa shape index (κ3) is 9.50. The summed E-state index contributed by atoms with van der Waals surface area (Å²) in [5.74, 6) is -0.907. The molecule has 0 fully saturated rings. The topological polar surface area (TPSA) is 97.6 Å². The summed E-state index contributed by atoms with van der Waals surface area (Å²) in [6, 6.07) is 0. The number of nitrogens with zero attached hydrogens (tertiary/aromatic N) is 1. The molecule has 0 saturated carbocycles. The molecule has 2 N–H and O–H groups in total. The standard InChI is InChI=1S/C4H3NO2.C3H6NO2.Y/c6-3-1-2-4(7)5-3;5-2-1-4-3-6;/h1-2H,(H,5,6,7);5H,1-2H2,(H,4,6);/q;-1;/p-1. The van der Waals surface area contributed by atoms with Gasteiger partial charge in [0, 0.05) is 39.3 Å². The van der Waals surface area contributed by atoms with Crippen LogP contribution in [0, 0.1) is 0 Å². The summed E-state index contributed by atoms with van der Waals surface area (Å²) < 4.78 is 0. The van der Waals surface area contributed by atoms with E-state index in [0.29, 0.717) is 6.54 Å². The maximum Gasteiger partial charge on any atom is 0.0803 e. The van der Waals surface area contributed by atoms with Crippen LogP contribution in [0.15, 0.2) is 12.2 Å². The molecule has 0 saturated heterocycles. The number of aliphatic hydroxyl groups is 1. The number of hydrogen-bond donors (Lipinski definition) is 2. The molecule has 1 rings (SSSR count). The molecule has 0 aromatic carbocycles. The van der Waals surface area contributed by atoms with E-state index in [2.05, 4.69) is 10.6 Å². The summed E-state index contributed by atoms with van der Waals surface area (Å²) in [4.78, 5) is 29.2. The van der Waals surface area contributed by atoms with Gasteiger partial charge in [0.15, 0.2) is 0 Å². The molecule has 75 valence electrons. The van der Waals surface area contributed by atoms with Gasteiger partial charge >= 0.3 is 0 Å². The minimum atomic E-state index is -0.454. The largest absolute Gasteiger partial charge is 0.589 e. The summed E-state index contributed by atoms with van der Waals surface area (Å²) in [7, 11) is 0. The van der Waals surface area contributed by atoms with Gasteiger partial charge in [-0.25, -0.2) is 0 Å². The van der Waals surface area contributed by atoms with E-state index in [9.17, 15) is 14.4 Å². The Hall–Kier alpha value is -0.586. The Morgan fingerprint density at radius 2 is 1.86 bits per heavy atom. The molecule has 0 atom stereocenters. The van der Waals surface area contributed by atoms with Crippen LogP contribution in [0.3, 0.4) is 0 Å². The molecular weight excluding hydrogens is 265 g/mol. The first-order valence-corrected chi connectivity index (χ1v) is 3.39. The van der Waals surface area contributed by atoms with Crippen molar-refractivity contribution < 1.29 is 52.2 Å². The van der Waals surface area contributed by atoms with Crippen LogP contribution in [0.4, 0.5) is 0 Å². The van der Waals surface area contributed by atoms with Gasteiger partial charge in [-0.1, -0.05) is 0 Å². The second-order valence-corrected chi connectivity index (χ2v) is 1.87. The summed E-state index contributed by atoms with van der Waals surface area (Å²) in [5, 5.41) is 13.1. The molecular formula is C7H8N2O4Y-2. The van der Waals surface area contributed by atoms with E-state index < -0.39 is 11.8 Å². The van der Waals surface area contributed by atoms with Crippen molar-refractivity contribution in [1.82, 2.24) is 5.32 Å². The van der Waals surface area contributed by atoms with E-state index in [1.54, 1.807) is 0 Å². The van der Waals surface area contributed by atoms with Crippen molar-refractivity contribution in [2.24, 2.45) is 0 Å². The molecule has 0 aromatic rings. The summed E-state index contributed by atoms with van der Waals surface area (Å²) in [5.41, 5.74) is 0. The number of hydrogen-bond acceptors (Lipinski definition) is 4. The SMILES string of the molecule is O=C1C=CC(=O)[N-]1.O=[C-]NCCO.[Y]. The fourth-order valence-corrected chi connectivity index (χ4v) is 0.433. The first-order valence-electron chi connectivity index (χ1n) is 3.39. The average molecular weight is 273 g/mol. The smallest absolute Gasteiger partial charge is 0.0803 e. The van der Waals surface area contributed by atoms with Gasteiger partial charge in [-0.3, -0.25) is 0 Å². The van der Waals surface area contributed by atoms with Crippen molar-refractivity contribution in [2.45, 2.75) is 0 Å². The van der Waals surface area contributed by atoms with Crippen LogP contribution >= 0.6 is 0 Å². The van der Waals surface area contributed by atoms with Crippen LogP contribution in [0.1, 0.15) is 0 Å². The Kier molecular flexibility index (Phi) is 11.9. The van der Waals surface area contributed by atoms with Crippen LogP contribution < -0.4 is 5.32 Å². The second kappa shape index (κ2) is 10.5. The van der Waals surface area contributed by atoms with E-state index in [4.69, 9.17) is 5.11 Å². The minimum absolute atomic E-state index is 0. The van der Waals surface area contributed by atoms with Crippen LogP contribution in [0.2, 0.25) is 0 Å². The Morgan fingerprint density at radius 1 is 1.36 bits per heavy atom. The summed E-state index contributed by atoms with van der Waals surface area (Å²) in [6.45, 7) is 0.277. The van der Waals surface area contributed by atoms with Gasteiger partial charge in [-0.2, -0.15) is 6.41 Å². The third-order valence-electron chi connectivity index (χ3n) is 0.898. The van der Waals surface area contributed by atoms with Gasteiger partial charge in [0.1, 0.15) is 0 Å². The van der Waals surface area contributed by atoms with E-state index in [-0.39, 0.29) is 39.3 Å². The maximum atomic E-state index is 9.98. The van der Waals surface area contributed by atoms with Gasteiger partial charge in [0.05, 0.1) is 18.4 Å². The predicted octanol–water partition coefficient (Wildman–Crippen LogP) is -1.38. The zero-order valence-corrected chi connectivity index (χ0v) is 10.1. The minimum Gasteiger partial charge on any atom is -0.589 e. The monoisotopic (exact) mass is 273 g/mol. The molecule has 1 heterocycles. The fraction of sp³-hybridized carbons (Fsp3) is 0.286. The molecule has 0 spiro atoms. The average Bonchev–Trinajstić information content (AvgIpc) is 2.47. The number of nitrogens with one attached hydrogen (secondary N) is 1. The Labute approximate surface area is 106 Å². The first-order chi connectivity index (χ1) is 6.20. The van der Waals surface area contributed by atoms with E-state index in [1.165, 1.54) is 6.41 Å². The Morgan fingerprint density at radius 3 is 2.00 bits per heavy atom. The van der Waals surface area contributed by atoms with E-state index >= 15 is 0 Å². The Balaban J connectivity index is 0. The quantitative estimate of drug-likeness (QED) is 0.286. The van der Waals surface area contributed by atoms with Crippen LogP contribution in [-0.4, -0.2) is 36.5 Å². The Bertz CT molecular complexity index is 214. The van der Waals surface area contributed by atoms with Crippen molar-refractivity contribution in [3.63, 3.8) is 0 Å². The zero-order chi connectivity index (χ0) is 10.1. The van der Waals surface area contributed by atoms with Crippen molar-refractivity contribution in [2.75, 3.05) is 13.2 Å². The van der Waals surface area contributed by atoms with Crippen molar-refractivity contribution in [3.05, 3.63) is 17.5 Å². The molecule has 0 bridgehead atoms. The maximum absolute atomic E-state index is 9.98. The molecule has 6 nitrogen and oxygen atoms in total. The molecule has 0 aromatic heterocycles. The number of aliphatic hydroxyl groups excluding tert-OH is 1. The van der Waals surface area contributed by atoms with Gasteiger partial charge in [0.25, 0.3) is 0 Å². The van der Waals surface area contributed by atoms with Crippen molar-refractivity contribution in [1.29, 1.82) is 0 Å². The number of carbonyl (C=O) groups is 2. The zero-order valence-electron chi connectivity index (χ0n) is 7.27. The van der Waals surface area contributed by atoms with Gasteiger partial charge < -0.3 is 30.1 Å². The summed E-state index contributed by atoms with van der Waals surface area (Å²) in [6.07, 6.45) is 3.69. The van der Waals surface area contributed by atoms with Crippen LogP contribution in [0.25, 0.3) is 5.32 Å². The molecule has 7 heteroatoms. The van der Waals surface area contributed by atoms with E-state index in [0.717, 1.165) is 12.2 Å². The summed E-state index contributed by atoms with van der Waals surface area (Å²) >= 11 is 0. The molecule has 1 aliphatic rings. The molecule has 0 unspecified atom stereocenters. The van der Waals surface area contributed by atoms with Crippen molar-refractivity contribution in [3.8, 4) is 0 Å². The van der Waals surface area contributed by atoms with Gasteiger partial charge in [-0.15, -0.1) is 0 Å². The molecule has 1 aliphatic heterocycles.